The van der Waals surface area contributed by atoms with Crippen molar-refractivity contribution in [2.75, 3.05) is 6.61 Å². The van der Waals surface area contributed by atoms with Crippen molar-refractivity contribution in [2.24, 2.45) is 5.73 Å². The topological polar surface area (TPSA) is 62.0 Å². The predicted molar refractivity (Wildman–Crippen MR) is 64.3 cm³/mol. The number of H-pyrrole nitrogens is 1. The van der Waals surface area contributed by atoms with Gasteiger partial charge in [0.05, 0.1) is 6.61 Å². The van der Waals surface area contributed by atoms with E-state index in [0.717, 1.165) is 11.1 Å². The number of aromatic amines is 1. The summed E-state index contributed by atoms with van der Waals surface area (Å²) in [4.78, 5) is 3.18. The highest BCUT2D eigenvalue weighted by Gasteiger charge is 2.06. The number of aliphatic hydroxyl groups is 1. The lowest BCUT2D eigenvalue weighted by Crippen LogP contribution is -2.26. The van der Waals surface area contributed by atoms with Crippen LogP contribution in [0.2, 0.25) is 0 Å². The molecule has 4 N–H and O–H groups in total. The molecule has 0 spiro atoms. The summed E-state index contributed by atoms with van der Waals surface area (Å²) in [6, 6.07) is 7.96. The lowest BCUT2D eigenvalue weighted by molar-refractivity contribution is 0.265. The number of hydrogen-bond acceptors (Lipinski definition) is 2. The Morgan fingerprint density at radius 2 is 2.13 bits per heavy atom. The van der Waals surface area contributed by atoms with Gasteiger partial charge in [-0.15, -0.1) is 12.4 Å². The monoisotopic (exact) mass is 226 g/mol. The van der Waals surface area contributed by atoms with E-state index in [9.17, 15) is 0 Å². The molecule has 0 radical (unpaired) electrons. The van der Waals surface area contributed by atoms with E-state index in [1.165, 1.54) is 5.39 Å². The molecule has 0 saturated carbocycles. The molecule has 1 aromatic carbocycles. The van der Waals surface area contributed by atoms with E-state index in [0.29, 0.717) is 6.42 Å². The molecule has 15 heavy (non-hydrogen) atoms. The van der Waals surface area contributed by atoms with Crippen molar-refractivity contribution >= 4 is 23.3 Å². The highest BCUT2D eigenvalue weighted by Crippen LogP contribution is 2.17. The second-order valence-electron chi connectivity index (χ2n) is 3.51. The van der Waals surface area contributed by atoms with E-state index in [2.05, 4.69) is 11.1 Å². The Morgan fingerprint density at radius 1 is 1.33 bits per heavy atom. The van der Waals surface area contributed by atoms with E-state index in [-0.39, 0.29) is 25.1 Å². The largest absolute Gasteiger partial charge is 0.395 e. The maximum Gasteiger partial charge on any atom is 0.0585 e. The summed E-state index contributed by atoms with van der Waals surface area (Å²) < 4.78 is 0. The molecule has 82 valence electrons. The zero-order valence-electron chi connectivity index (χ0n) is 8.31. The molecule has 0 aliphatic heterocycles. The summed E-state index contributed by atoms with van der Waals surface area (Å²) in [5, 5.41) is 10.1. The molecule has 1 unspecified atom stereocenters. The lowest BCUT2D eigenvalue weighted by Gasteiger charge is -2.08. The van der Waals surface area contributed by atoms with Crippen LogP contribution in [0.25, 0.3) is 10.9 Å². The van der Waals surface area contributed by atoms with Crippen LogP contribution in [0.4, 0.5) is 0 Å². The first kappa shape index (κ1) is 12.0. The minimum Gasteiger partial charge on any atom is -0.395 e. The molecule has 1 heterocycles. The first-order chi connectivity index (χ1) is 6.81. The van der Waals surface area contributed by atoms with Gasteiger partial charge in [-0.3, -0.25) is 0 Å². The van der Waals surface area contributed by atoms with Gasteiger partial charge < -0.3 is 15.8 Å². The van der Waals surface area contributed by atoms with Crippen LogP contribution in [0, 0.1) is 0 Å². The van der Waals surface area contributed by atoms with Crippen molar-refractivity contribution in [3.05, 3.63) is 36.0 Å². The Morgan fingerprint density at radius 3 is 2.87 bits per heavy atom. The molecule has 0 amide bonds. The number of benzene rings is 1. The Labute approximate surface area is 94.7 Å². The van der Waals surface area contributed by atoms with E-state index >= 15 is 0 Å². The Bertz CT molecular complexity index is 427. The normalized spacial score (nSPS) is 12.4. The minimum absolute atomic E-state index is 0. The Balaban J connectivity index is 0.00000112. The van der Waals surface area contributed by atoms with Gasteiger partial charge in [-0.1, -0.05) is 18.2 Å². The minimum atomic E-state index is -0.177. The van der Waals surface area contributed by atoms with Gasteiger partial charge in [0.15, 0.2) is 0 Å². The molecular formula is C11H15ClN2O. The average Bonchev–Trinajstić information content (AvgIpc) is 2.66. The van der Waals surface area contributed by atoms with E-state index in [1.807, 2.05) is 24.4 Å². The zero-order chi connectivity index (χ0) is 9.97. The van der Waals surface area contributed by atoms with Crippen molar-refractivity contribution < 1.29 is 5.11 Å². The van der Waals surface area contributed by atoms with Gasteiger partial charge in [0.25, 0.3) is 0 Å². The number of aromatic nitrogens is 1. The van der Waals surface area contributed by atoms with Crippen LogP contribution >= 0.6 is 12.4 Å². The van der Waals surface area contributed by atoms with Crippen LogP contribution in [0.5, 0.6) is 0 Å². The molecule has 0 fully saturated rings. The summed E-state index contributed by atoms with van der Waals surface area (Å²) in [6.45, 7) is 0.0249. The average molecular weight is 227 g/mol. The third-order valence-electron chi connectivity index (χ3n) is 2.39. The lowest BCUT2D eigenvalue weighted by atomic mass is 10.0. The molecular weight excluding hydrogens is 212 g/mol. The smallest absolute Gasteiger partial charge is 0.0585 e. The van der Waals surface area contributed by atoms with E-state index in [1.54, 1.807) is 0 Å². The van der Waals surface area contributed by atoms with Crippen LogP contribution in [0.15, 0.2) is 30.5 Å². The summed E-state index contributed by atoms with van der Waals surface area (Å²) in [7, 11) is 0. The summed E-state index contributed by atoms with van der Waals surface area (Å²) in [5.74, 6) is 0. The van der Waals surface area contributed by atoms with Crippen molar-refractivity contribution in [3.8, 4) is 0 Å². The number of nitrogens with one attached hydrogen (secondary N) is 1. The predicted octanol–water partition coefficient (Wildman–Crippen LogP) is 1.45. The highest BCUT2D eigenvalue weighted by atomic mass is 35.5. The fourth-order valence-corrected chi connectivity index (χ4v) is 1.67. The fraction of sp³-hybridized carbons (Fsp3) is 0.273. The van der Waals surface area contributed by atoms with Crippen LogP contribution in [-0.4, -0.2) is 22.7 Å². The van der Waals surface area contributed by atoms with Crippen molar-refractivity contribution in [3.63, 3.8) is 0 Å². The number of rotatable bonds is 3. The van der Waals surface area contributed by atoms with Crippen molar-refractivity contribution in [1.82, 2.24) is 4.98 Å². The first-order valence-corrected chi connectivity index (χ1v) is 4.72. The van der Waals surface area contributed by atoms with Gasteiger partial charge >= 0.3 is 0 Å². The van der Waals surface area contributed by atoms with Gasteiger partial charge in [-0.2, -0.15) is 0 Å². The molecule has 1 atom stereocenters. The van der Waals surface area contributed by atoms with E-state index in [4.69, 9.17) is 10.8 Å². The van der Waals surface area contributed by atoms with Gasteiger partial charge in [0, 0.05) is 17.8 Å². The third-order valence-corrected chi connectivity index (χ3v) is 2.39. The maximum atomic E-state index is 8.88. The molecule has 3 nitrogen and oxygen atoms in total. The van der Waals surface area contributed by atoms with Crippen molar-refractivity contribution in [2.45, 2.75) is 12.5 Å². The summed E-state index contributed by atoms with van der Waals surface area (Å²) >= 11 is 0. The highest BCUT2D eigenvalue weighted by molar-refractivity contribution is 5.85. The molecule has 0 saturated heterocycles. The second kappa shape index (κ2) is 5.16. The molecule has 0 bridgehead atoms. The van der Waals surface area contributed by atoms with Crippen molar-refractivity contribution in [1.29, 1.82) is 0 Å². The molecule has 2 rings (SSSR count). The number of fused-ring (bicyclic) bond motifs is 1. The number of nitrogens with two attached hydrogens (primary N) is 1. The van der Waals surface area contributed by atoms with E-state index < -0.39 is 0 Å². The third kappa shape index (κ3) is 2.50. The number of aliphatic hydroxyl groups excluding tert-OH is 1. The number of halogens is 1. The first-order valence-electron chi connectivity index (χ1n) is 4.72. The number of hydrogen-bond donors (Lipinski definition) is 3. The fourth-order valence-electron chi connectivity index (χ4n) is 1.67. The molecule has 1 aromatic heterocycles. The molecule has 2 aromatic rings. The van der Waals surface area contributed by atoms with Gasteiger partial charge in [0.1, 0.15) is 0 Å². The standard InChI is InChI=1S/C11H14N2O.ClH/c12-10(7-14)6-9-3-1-2-8-4-5-13-11(8)9;/h1-5,10,13-14H,6-7,12H2;1H. The Hall–Kier alpha value is -1.03. The quantitative estimate of drug-likeness (QED) is 0.742. The maximum absolute atomic E-state index is 8.88. The molecule has 0 aliphatic carbocycles. The second-order valence-corrected chi connectivity index (χ2v) is 3.51. The van der Waals surface area contributed by atoms with Crippen LogP contribution in [0.1, 0.15) is 5.56 Å². The van der Waals surface area contributed by atoms with Gasteiger partial charge in [0.2, 0.25) is 0 Å². The molecule has 4 heteroatoms. The SMILES string of the molecule is Cl.NC(CO)Cc1cccc2cc[nH]c12. The van der Waals surface area contributed by atoms with Gasteiger partial charge in [-0.05, 0) is 23.4 Å². The molecule has 0 aliphatic rings. The summed E-state index contributed by atoms with van der Waals surface area (Å²) in [5.41, 5.74) is 7.98. The zero-order valence-corrected chi connectivity index (χ0v) is 9.13. The van der Waals surface area contributed by atoms with Gasteiger partial charge in [-0.25, -0.2) is 0 Å². The summed E-state index contributed by atoms with van der Waals surface area (Å²) in [6.07, 6.45) is 2.62. The Kier molecular flexibility index (Phi) is 4.15. The van der Waals surface area contributed by atoms with Crippen LogP contribution in [-0.2, 0) is 6.42 Å². The van der Waals surface area contributed by atoms with Crippen LogP contribution < -0.4 is 5.73 Å². The van der Waals surface area contributed by atoms with Crippen LogP contribution in [0.3, 0.4) is 0 Å². The number of para-hydroxylation sites is 1.